The van der Waals surface area contributed by atoms with Crippen LogP contribution >= 0.6 is 0 Å². The third-order valence-corrected chi connectivity index (χ3v) is 4.67. The molecular weight excluding hydrogens is 359 g/mol. The van der Waals surface area contributed by atoms with E-state index in [4.69, 9.17) is 0 Å². The van der Waals surface area contributed by atoms with Crippen LogP contribution in [0.25, 0.3) is 5.69 Å². The van der Waals surface area contributed by atoms with Crippen LogP contribution in [-0.2, 0) is 0 Å². The fourth-order valence-corrected chi connectivity index (χ4v) is 2.97. The standard InChI is InChI=1S/C21H19FN4O2/c1-13-16(12-23-26(13)19-9-5-3-7-17(19)22)21(28)25-18-8-4-2-6-15(18)20(27)24-14-10-11-14/h2-9,12,14H,10-11H2,1H3,(H,24,27)(H,25,28). The van der Waals surface area contributed by atoms with Gasteiger partial charge in [0.15, 0.2) is 0 Å². The van der Waals surface area contributed by atoms with Crippen LogP contribution in [0.15, 0.2) is 54.7 Å². The highest BCUT2D eigenvalue weighted by molar-refractivity contribution is 6.09. The van der Waals surface area contributed by atoms with Crippen molar-refractivity contribution in [2.45, 2.75) is 25.8 Å². The van der Waals surface area contributed by atoms with Crippen LogP contribution in [0.1, 0.15) is 39.3 Å². The predicted molar refractivity (Wildman–Crippen MR) is 103 cm³/mol. The van der Waals surface area contributed by atoms with Gasteiger partial charge in [-0.1, -0.05) is 24.3 Å². The normalized spacial score (nSPS) is 13.2. The molecule has 0 spiro atoms. The van der Waals surface area contributed by atoms with Gasteiger partial charge in [0.05, 0.1) is 28.7 Å². The number of para-hydroxylation sites is 2. The lowest BCUT2D eigenvalue weighted by Gasteiger charge is -2.11. The van der Waals surface area contributed by atoms with E-state index in [9.17, 15) is 14.0 Å². The molecule has 28 heavy (non-hydrogen) atoms. The third kappa shape index (κ3) is 3.51. The lowest BCUT2D eigenvalue weighted by atomic mass is 10.1. The maximum absolute atomic E-state index is 14.1. The van der Waals surface area contributed by atoms with E-state index in [1.54, 1.807) is 49.4 Å². The average molecular weight is 378 g/mol. The van der Waals surface area contributed by atoms with Crippen molar-refractivity contribution < 1.29 is 14.0 Å². The number of carbonyl (C=O) groups excluding carboxylic acids is 2. The molecule has 1 saturated carbocycles. The Morgan fingerprint density at radius 1 is 1.04 bits per heavy atom. The minimum absolute atomic E-state index is 0.211. The second-order valence-corrected chi connectivity index (χ2v) is 6.75. The second-order valence-electron chi connectivity index (χ2n) is 6.75. The van der Waals surface area contributed by atoms with Gasteiger partial charge < -0.3 is 10.6 Å². The molecule has 1 aromatic heterocycles. The Balaban J connectivity index is 1.58. The number of benzene rings is 2. The summed E-state index contributed by atoms with van der Waals surface area (Å²) in [4.78, 5) is 25.2. The largest absolute Gasteiger partial charge is 0.349 e. The molecular formula is C21H19FN4O2. The molecule has 0 saturated heterocycles. The molecule has 1 aliphatic carbocycles. The zero-order valence-corrected chi connectivity index (χ0v) is 15.3. The first-order chi connectivity index (χ1) is 13.5. The summed E-state index contributed by atoms with van der Waals surface area (Å²) in [6.45, 7) is 1.69. The zero-order valence-electron chi connectivity index (χ0n) is 15.3. The maximum atomic E-state index is 14.1. The van der Waals surface area contributed by atoms with E-state index in [-0.39, 0.29) is 17.6 Å². The molecule has 7 heteroatoms. The number of anilines is 1. The fourth-order valence-electron chi connectivity index (χ4n) is 2.97. The lowest BCUT2D eigenvalue weighted by molar-refractivity contribution is 0.0952. The number of hydrogen-bond donors (Lipinski definition) is 2. The summed E-state index contributed by atoms with van der Waals surface area (Å²) in [5.41, 5.74) is 1.90. The van der Waals surface area contributed by atoms with Crippen molar-refractivity contribution in [3.63, 3.8) is 0 Å². The first-order valence-electron chi connectivity index (χ1n) is 9.05. The SMILES string of the molecule is Cc1c(C(=O)Nc2ccccc2C(=O)NC2CC2)cnn1-c1ccccc1F. The van der Waals surface area contributed by atoms with E-state index in [1.165, 1.54) is 16.9 Å². The van der Waals surface area contributed by atoms with Crippen LogP contribution in [0.5, 0.6) is 0 Å². The minimum Gasteiger partial charge on any atom is -0.349 e. The van der Waals surface area contributed by atoms with Crippen LogP contribution < -0.4 is 10.6 Å². The van der Waals surface area contributed by atoms with E-state index in [1.807, 2.05) is 0 Å². The number of aromatic nitrogens is 2. The number of nitrogens with zero attached hydrogens (tertiary/aromatic N) is 2. The summed E-state index contributed by atoms with van der Waals surface area (Å²) < 4.78 is 15.4. The fraction of sp³-hybridized carbons (Fsp3) is 0.190. The van der Waals surface area contributed by atoms with Gasteiger partial charge in [0.1, 0.15) is 11.5 Å². The van der Waals surface area contributed by atoms with Crippen LogP contribution in [-0.4, -0.2) is 27.6 Å². The molecule has 3 aromatic rings. The second kappa shape index (κ2) is 7.26. The molecule has 4 rings (SSSR count). The smallest absolute Gasteiger partial charge is 0.259 e. The summed E-state index contributed by atoms with van der Waals surface area (Å²) in [6.07, 6.45) is 3.35. The van der Waals surface area contributed by atoms with Crippen LogP contribution in [0.4, 0.5) is 10.1 Å². The van der Waals surface area contributed by atoms with Gasteiger partial charge >= 0.3 is 0 Å². The molecule has 142 valence electrons. The van der Waals surface area contributed by atoms with Crippen molar-refractivity contribution in [3.05, 3.63) is 77.4 Å². The molecule has 2 aromatic carbocycles. The van der Waals surface area contributed by atoms with Gasteiger partial charge in [-0.15, -0.1) is 0 Å². The summed E-state index contributed by atoms with van der Waals surface area (Å²) in [7, 11) is 0. The van der Waals surface area contributed by atoms with Crippen LogP contribution in [0.2, 0.25) is 0 Å². The van der Waals surface area contributed by atoms with Crippen molar-refractivity contribution >= 4 is 17.5 Å². The summed E-state index contributed by atoms with van der Waals surface area (Å²) >= 11 is 0. The topological polar surface area (TPSA) is 76.0 Å². The Morgan fingerprint density at radius 2 is 1.75 bits per heavy atom. The molecule has 0 bridgehead atoms. The van der Waals surface area contributed by atoms with Gasteiger partial charge in [-0.05, 0) is 44.0 Å². The van der Waals surface area contributed by atoms with E-state index >= 15 is 0 Å². The molecule has 0 atom stereocenters. The van der Waals surface area contributed by atoms with E-state index in [2.05, 4.69) is 15.7 Å². The van der Waals surface area contributed by atoms with Gasteiger partial charge in [0, 0.05) is 6.04 Å². The Bertz CT molecular complexity index is 1060. The highest BCUT2D eigenvalue weighted by atomic mass is 19.1. The van der Waals surface area contributed by atoms with Gasteiger partial charge in [-0.25, -0.2) is 9.07 Å². The van der Waals surface area contributed by atoms with E-state index in [0.717, 1.165) is 12.8 Å². The van der Waals surface area contributed by atoms with Crippen molar-refractivity contribution in [1.29, 1.82) is 0 Å². The highest BCUT2D eigenvalue weighted by Crippen LogP contribution is 2.23. The van der Waals surface area contributed by atoms with Crippen molar-refractivity contribution in [2.75, 3.05) is 5.32 Å². The first-order valence-corrected chi connectivity index (χ1v) is 9.05. The maximum Gasteiger partial charge on any atom is 0.259 e. The first kappa shape index (κ1) is 17.9. The molecule has 1 aliphatic rings. The molecule has 2 amide bonds. The molecule has 6 nitrogen and oxygen atoms in total. The highest BCUT2D eigenvalue weighted by Gasteiger charge is 2.25. The molecule has 2 N–H and O–H groups in total. The molecule has 0 unspecified atom stereocenters. The Morgan fingerprint density at radius 3 is 2.50 bits per heavy atom. The summed E-state index contributed by atoms with van der Waals surface area (Å²) in [6, 6.07) is 13.3. The van der Waals surface area contributed by atoms with Gasteiger partial charge in [-0.2, -0.15) is 5.10 Å². The number of carbonyl (C=O) groups is 2. The lowest BCUT2D eigenvalue weighted by Crippen LogP contribution is -2.27. The molecule has 1 fully saturated rings. The van der Waals surface area contributed by atoms with Gasteiger partial charge in [0.25, 0.3) is 11.8 Å². The number of hydrogen-bond acceptors (Lipinski definition) is 3. The monoisotopic (exact) mass is 378 g/mol. The minimum atomic E-state index is -0.428. The number of amides is 2. The number of nitrogens with one attached hydrogen (secondary N) is 2. The summed E-state index contributed by atoms with van der Waals surface area (Å²) in [5, 5.41) is 9.84. The van der Waals surface area contributed by atoms with Crippen LogP contribution in [0, 0.1) is 12.7 Å². The number of halogens is 1. The van der Waals surface area contributed by atoms with Crippen molar-refractivity contribution in [1.82, 2.24) is 15.1 Å². The van der Waals surface area contributed by atoms with Crippen LogP contribution in [0.3, 0.4) is 0 Å². The Kier molecular flexibility index (Phi) is 4.65. The van der Waals surface area contributed by atoms with Gasteiger partial charge in [-0.3, -0.25) is 9.59 Å². The average Bonchev–Trinajstić information content (AvgIpc) is 3.42. The summed E-state index contributed by atoms with van der Waals surface area (Å²) in [5.74, 6) is -1.05. The number of rotatable bonds is 5. The Labute approximate surface area is 161 Å². The van der Waals surface area contributed by atoms with E-state index in [0.29, 0.717) is 22.5 Å². The Hall–Kier alpha value is -3.48. The predicted octanol–water partition coefficient (Wildman–Crippen LogP) is 3.46. The van der Waals surface area contributed by atoms with Gasteiger partial charge in [0.2, 0.25) is 0 Å². The molecule has 0 aliphatic heterocycles. The zero-order chi connectivity index (χ0) is 19.7. The van der Waals surface area contributed by atoms with Crippen molar-refractivity contribution in [3.8, 4) is 5.69 Å². The molecule has 1 heterocycles. The molecule has 0 radical (unpaired) electrons. The third-order valence-electron chi connectivity index (χ3n) is 4.67. The van der Waals surface area contributed by atoms with E-state index < -0.39 is 11.7 Å². The van der Waals surface area contributed by atoms with Crippen molar-refractivity contribution in [2.24, 2.45) is 0 Å². The quantitative estimate of drug-likeness (QED) is 0.714.